The molecule has 2 amide bonds. The lowest BCUT2D eigenvalue weighted by atomic mass is 10.1. The number of anilines is 1. The van der Waals surface area contributed by atoms with E-state index >= 15 is 0 Å². The fraction of sp³-hybridized carbons (Fsp3) is 0.273. The Labute approximate surface area is 199 Å². The summed E-state index contributed by atoms with van der Waals surface area (Å²) in [6.07, 6.45) is 0. The summed E-state index contributed by atoms with van der Waals surface area (Å²) in [6, 6.07) is 13.0. The highest BCUT2D eigenvalue weighted by molar-refractivity contribution is 14.1. The topological polar surface area (TPSA) is 88.9 Å². The van der Waals surface area contributed by atoms with Gasteiger partial charge in [-0.1, -0.05) is 29.5 Å². The first-order valence-electron chi connectivity index (χ1n) is 9.70. The zero-order chi connectivity index (χ0) is 22.5. The minimum Gasteiger partial charge on any atom is -0.342 e. The molecule has 1 aromatic heterocycles. The van der Waals surface area contributed by atoms with Crippen molar-refractivity contribution in [3.8, 4) is 0 Å². The van der Waals surface area contributed by atoms with Gasteiger partial charge in [0.1, 0.15) is 0 Å². The van der Waals surface area contributed by atoms with Crippen molar-refractivity contribution in [1.82, 2.24) is 20.1 Å². The van der Waals surface area contributed by atoms with Crippen molar-refractivity contribution in [2.45, 2.75) is 32.0 Å². The average Bonchev–Trinajstić information content (AvgIpc) is 3.09. The molecule has 0 radical (unpaired) electrons. The molecule has 3 rings (SSSR count). The van der Waals surface area contributed by atoms with Gasteiger partial charge in [-0.05, 0) is 79.3 Å². The summed E-state index contributed by atoms with van der Waals surface area (Å²) in [5.41, 5.74) is 3.45. The Kier molecular flexibility index (Phi) is 7.71. The number of hydrogen-bond acceptors (Lipinski definition) is 5. The van der Waals surface area contributed by atoms with E-state index in [9.17, 15) is 9.59 Å². The number of thioether (sulfide) groups is 1. The van der Waals surface area contributed by atoms with Crippen LogP contribution in [0, 0.1) is 17.4 Å². The first-order valence-corrected chi connectivity index (χ1v) is 11.8. The zero-order valence-corrected chi connectivity index (χ0v) is 20.7. The second-order valence-electron chi connectivity index (χ2n) is 7.26. The van der Waals surface area contributed by atoms with Gasteiger partial charge >= 0.3 is 0 Å². The molecule has 0 aliphatic carbocycles. The minimum absolute atomic E-state index is 0.111. The van der Waals surface area contributed by atoms with E-state index in [0.717, 1.165) is 20.4 Å². The summed E-state index contributed by atoms with van der Waals surface area (Å²) in [6.45, 7) is 5.77. The number of aromatic nitrogens is 3. The summed E-state index contributed by atoms with van der Waals surface area (Å²) < 4.78 is 2.92. The van der Waals surface area contributed by atoms with Crippen LogP contribution >= 0.6 is 34.4 Å². The number of hydrogen-bond donors (Lipinski definition) is 2. The number of amides is 2. The first-order chi connectivity index (χ1) is 14.7. The third-order valence-electron chi connectivity index (χ3n) is 4.68. The van der Waals surface area contributed by atoms with Crippen LogP contribution in [0.15, 0.2) is 47.6 Å². The molecule has 31 heavy (non-hydrogen) atoms. The molecule has 2 aromatic carbocycles. The van der Waals surface area contributed by atoms with E-state index in [2.05, 4.69) is 43.4 Å². The molecule has 0 saturated heterocycles. The molecule has 9 heteroatoms. The van der Waals surface area contributed by atoms with Gasteiger partial charge in [-0.3, -0.25) is 9.59 Å². The maximum atomic E-state index is 12.5. The van der Waals surface area contributed by atoms with E-state index < -0.39 is 0 Å². The molecular weight excluding hydrogens is 525 g/mol. The van der Waals surface area contributed by atoms with Crippen molar-refractivity contribution >= 4 is 51.9 Å². The monoisotopic (exact) mass is 549 g/mol. The standard InChI is InChI=1S/C22H24IN5O2S/c1-13-6-5-7-16(10-13)21(30)24-15(3)20-26-27-22(28(20)4)31-12-19(29)25-18-9-8-17(23)11-14(18)2/h5-11,15H,12H2,1-4H3,(H,24,30)(H,25,29)/t15-/m1/s1. The Balaban J connectivity index is 1.59. The predicted octanol–water partition coefficient (Wildman–Crippen LogP) is 4.26. The molecule has 1 atom stereocenters. The zero-order valence-electron chi connectivity index (χ0n) is 17.8. The highest BCUT2D eigenvalue weighted by Gasteiger charge is 2.19. The average molecular weight is 549 g/mol. The summed E-state index contributed by atoms with van der Waals surface area (Å²) in [5.74, 6) is 0.555. The van der Waals surface area contributed by atoms with Crippen LogP contribution in [-0.2, 0) is 11.8 Å². The van der Waals surface area contributed by atoms with Crippen molar-refractivity contribution in [3.05, 3.63) is 68.5 Å². The number of nitrogens with zero attached hydrogens (tertiary/aromatic N) is 3. The lowest BCUT2D eigenvalue weighted by molar-refractivity contribution is -0.113. The van der Waals surface area contributed by atoms with E-state index in [0.29, 0.717) is 16.5 Å². The van der Waals surface area contributed by atoms with Gasteiger partial charge in [0.25, 0.3) is 5.91 Å². The van der Waals surface area contributed by atoms with E-state index in [1.165, 1.54) is 11.8 Å². The summed E-state index contributed by atoms with van der Waals surface area (Å²) in [4.78, 5) is 24.9. The van der Waals surface area contributed by atoms with Crippen LogP contribution in [0.4, 0.5) is 5.69 Å². The fourth-order valence-electron chi connectivity index (χ4n) is 3.04. The van der Waals surface area contributed by atoms with Crippen LogP contribution in [0.3, 0.4) is 0 Å². The molecule has 2 N–H and O–H groups in total. The second kappa shape index (κ2) is 10.3. The summed E-state index contributed by atoms with van der Waals surface area (Å²) >= 11 is 3.54. The molecule has 0 saturated carbocycles. The van der Waals surface area contributed by atoms with Crippen LogP contribution in [0.25, 0.3) is 0 Å². The molecule has 7 nitrogen and oxygen atoms in total. The molecule has 0 unspecified atom stereocenters. The maximum Gasteiger partial charge on any atom is 0.251 e. The van der Waals surface area contributed by atoms with Crippen molar-refractivity contribution in [2.75, 3.05) is 11.1 Å². The number of nitrogens with one attached hydrogen (secondary N) is 2. The van der Waals surface area contributed by atoms with Crippen LogP contribution < -0.4 is 10.6 Å². The third kappa shape index (κ3) is 6.07. The van der Waals surface area contributed by atoms with Crippen molar-refractivity contribution in [2.24, 2.45) is 7.05 Å². The Morgan fingerprint density at radius 1 is 1.16 bits per heavy atom. The maximum absolute atomic E-state index is 12.5. The van der Waals surface area contributed by atoms with Gasteiger partial charge in [0, 0.05) is 21.9 Å². The molecule has 0 aliphatic rings. The Morgan fingerprint density at radius 2 is 1.94 bits per heavy atom. The summed E-state index contributed by atoms with van der Waals surface area (Å²) in [5, 5.41) is 14.9. The largest absolute Gasteiger partial charge is 0.342 e. The van der Waals surface area contributed by atoms with Crippen LogP contribution in [0.1, 0.15) is 40.3 Å². The van der Waals surface area contributed by atoms with Gasteiger partial charge in [-0.15, -0.1) is 10.2 Å². The highest BCUT2D eigenvalue weighted by atomic mass is 127. The quantitative estimate of drug-likeness (QED) is 0.340. The van der Waals surface area contributed by atoms with E-state index in [4.69, 9.17) is 0 Å². The molecule has 0 aliphatic heterocycles. The molecular formula is C22H24IN5O2S. The van der Waals surface area contributed by atoms with Crippen LogP contribution in [-0.4, -0.2) is 32.3 Å². The normalized spacial score (nSPS) is 11.8. The van der Waals surface area contributed by atoms with Crippen molar-refractivity contribution in [1.29, 1.82) is 0 Å². The minimum atomic E-state index is -0.330. The van der Waals surface area contributed by atoms with Gasteiger partial charge < -0.3 is 15.2 Å². The first kappa shape index (κ1) is 23.3. The van der Waals surface area contributed by atoms with Gasteiger partial charge in [0.05, 0.1) is 11.8 Å². The number of halogens is 1. The molecule has 162 valence electrons. The smallest absolute Gasteiger partial charge is 0.251 e. The molecule has 0 fully saturated rings. The molecule has 0 spiro atoms. The van der Waals surface area contributed by atoms with E-state index in [-0.39, 0.29) is 23.6 Å². The highest BCUT2D eigenvalue weighted by Crippen LogP contribution is 2.21. The SMILES string of the molecule is Cc1cccc(C(=O)N[C@H](C)c2nnc(SCC(=O)Nc3ccc(I)cc3C)n2C)c1. The Morgan fingerprint density at radius 3 is 2.65 bits per heavy atom. The van der Waals surface area contributed by atoms with Gasteiger partial charge in [-0.2, -0.15) is 0 Å². The number of carbonyl (C=O) groups excluding carboxylic acids is 2. The van der Waals surface area contributed by atoms with Gasteiger partial charge in [-0.25, -0.2) is 0 Å². The number of carbonyl (C=O) groups is 2. The number of benzene rings is 2. The lowest BCUT2D eigenvalue weighted by Crippen LogP contribution is -2.28. The van der Waals surface area contributed by atoms with Crippen molar-refractivity contribution < 1.29 is 9.59 Å². The van der Waals surface area contributed by atoms with Gasteiger partial charge in [0.2, 0.25) is 5.91 Å². The van der Waals surface area contributed by atoms with Crippen LogP contribution in [0.5, 0.6) is 0 Å². The predicted molar refractivity (Wildman–Crippen MR) is 131 cm³/mol. The molecule has 1 heterocycles. The van der Waals surface area contributed by atoms with E-state index in [1.807, 2.05) is 64.2 Å². The lowest BCUT2D eigenvalue weighted by Gasteiger charge is -2.14. The Hall–Kier alpha value is -2.40. The number of rotatable bonds is 7. The number of aryl methyl sites for hydroxylation is 2. The van der Waals surface area contributed by atoms with Crippen LogP contribution in [0.2, 0.25) is 0 Å². The second-order valence-corrected chi connectivity index (χ2v) is 9.45. The van der Waals surface area contributed by atoms with Gasteiger partial charge in [0.15, 0.2) is 11.0 Å². The third-order valence-corrected chi connectivity index (χ3v) is 6.37. The fourth-order valence-corrected chi connectivity index (χ4v) is 4.41. The Bertz CT molecular complexity index is 1120. The molecule has 0 bridgehead atoms. The summed E-state index contributed by atoms with van der Waals surface area (Å²) in [7, 11) is 1.83. The van der Waals surface area contributed by atoms with E-state index in [1.54, 1.807) is 10.6 Å². The molecule has 3 aromatic rings. The van der Waals surface area contributed by atoms with Crippen molar-refractivity contribution in [3.63, 3.8) is 0 Å².